The average molecular weight is 375 g/mol. The third kappa shape index (κ3) is 3.40. The second-order valence-corrected chi connectivity index (χ2v) is 7.96. The zero-order chi connectivity index (χ0) is 19.1. The fourth-order valence-corrected chi connectivity index (χ4v) is 3.86. The van der Waals surface area contributed by atoms with E-state index in [1.54, 1.807) is 0 Å². The Morgan fingerprint density at radius 3 is 2.50 bits per heavy atom. The summed E-state index contributed by atoms with van der Waals surface area (Å²) in [6, 6.07) is 14.7. The van der Waals surface area contributed by atoms with Gasteiger partial charge < -0.3 is 9.80 Å². The Labute approximate surface area is 164 Å². The maximum atomic E-state index is 12.1. The molecular formula is C22H25N5O. The Kier molecular flexibility index (Phi) is 4.36. The molecule has 3 heterocycles. The van der Waals surface area contributed by atoms with E-state index >= 15 is 0 Å². The number of piperazine rings is 1. The number of benzene rings is 1. The quantitative estimate of drug-likeness (QED) is 0.686. The number of carbonyl (C=O) groups is 1. The van der Waals surface area contributed by atoms with Crippen molar-refractivity contribution < 1.29 is 4.79 Å². The molecule has 3 aromatic rings. The summed E-state index contributed by atoms with van der Waals surface area (Å²) < 4.78 is 1.86. The predicted octanol–water partition coefficient (Wildman–Crippen LogP) is 2.67. The number of hydrogen-bond donors (Lipinski definition) is 0. The SMILES string of the molecule is CN1CCN(c2ccc(-c3cccc4nc(CC(=O)C5CC5)nn34)cc2)CC1. The minimum absolute atomic E-state index is 0.244. The number of pyridine rings is 1. The van der Waals surface area contributed by atoms with E-state index < -0.39 is 0 Å². The number of ketones is 1. The van der Waals surface area contributed by atoms with Crippen molar-refractivity contribution in [2.75, 3.05) is 38.1 Å². The van der Waals surface area contributed by atoms with Crippen LogP contribution in [0.25, 0.3) is 16.9 Å². The zero-order valence-electron chi connectivity index (χ0n) is 16.2. The van der Waals surface area contributed by atoms with E-state index in [0.717, 1.165) is 55.9 Å². The zero-order valence-corrected chi connectivity index (χ0v) is 16.2. The van der Waals surface area contributed by atoms with Gasteiger partial charge in [0.25, 0.3) is 0 Å². The number of fused-ring (bicyclic) bond motifs is 1. The molecule has 2 aromatic heterocycles. The molecule has 1 saturated heterocycles. The molecule has 1 saturated carbocycles. The van der Waals surface area contributed by atoms with Crippen LogP contribution in [-0.4, -0.2) is 58.5 Å². The number of anilines is 1. The molecule has 144 valence electrons. The summed E-state index contributed by atoms with van der Waals surface area (Å²) in [6.07, 6.45) is 2.39. The summed E-state index contributed by atoms with van der Waals surface area (Å²) in [5, 5.41) is 4.63. The van der Waals surface area contributed by atoms with Gasteiger partial charge in [0.2, 0.25) is 0 Å². The smallest absolute Gasteiger partial charge is 0.159 e. The molecule has 0 atom stereocenters. The van der Waals surface area contributed by atoms with Crippen LogP contribution in [0.5, 0.6) is 0 Å². The van der Waals surface area contributed by atoms with Crippen molar-refractivity contribution in [3.63, 3.8) is 0 Å². The first kappa shape index (κ1) is 17.4. The summed E-state index contributed by atoms with van der Waals surface area (Å²) in [6.45, 7) is 4.32. The van der Waals surface area contributed by atoms with Crippen LogP contribution in [0.3, 0.4) is 0 Å². The molecule has 1 aromatic carbocycles. The van der Waals surface area contributed by atoms with Gasteiger partial charge in [-0.2, -0.15) is 5.10 Å². The molecule has 0 spiro atoms. The van der Waals surface area contributed by atoms with Gasteiger partial charge in [-0.1, -0.05) is 18.2 Å². The largest absolute Gasteiger partial charge is 0.369 e. The maximum absolute atomic E-state index is 12.1. The van der Waals surface area contributed by atoms with Gasteiger partial charge >= 0.3 is 0 Å². The van der Waals surface area contributed by atoms with Gasteiger partial charge in [-0.3, -0.25) is 4.79 Å². The Bertz CT molecular complexity index is 997. The van der Waals surface area contributed by atoms with Crippen molar-refractivity contribution in [3.8, 4) is 11.3 Å². The van der Waals surface area contributed by atoms with Gasteiger partial charge in [0.05, 0.1) is 12.1 Å². The summed E-state index contributed by atoms with van der Waals surface area (Å²) in [5.74, 6) is 1.14. The molecule has 1 aliphatic heterocycles. The molecule has 28 heavy (non-hydrogen) atoms. The van der Waals surface area contributed by atoms with Gasteiger partial charge in [-0.25, -0.2) is 9.50 Å². The van der Waals surface area contributed by atoms with E-state index in [9.17, 15) is 4.79 Å². The highest BCUT2D eigenvalue weighted by Crippen LogP contribution is 2.31. The highest BCUT2D eigenvalue weighted by molar-refractivity contribution is 5.84. The molecule has 1 aliphatic carbocycles. The molecule has 5 rings (SSSR count). The molecule has 0 bridgehead atoms. The highest BCUT2D eigenvalue weighted by Gasteiger charge is 2.30. The first-order valence-electron chi connectivity index (χ1n) is 10.1. The first-order valence-corrected chi connectivity index (χ1v) is 10.1. The van der Waals surface area contributed by atoms with Crippen molar-refractivity contribution in [2.24, 2.45) is 5.92 Å². The highest BCUT2D eigenvalue weighted by atomic mass is 16.1. The van der Waals surface area contributed by atoms with Crippen molar-refractivity contribution >= 4 is 17.1 Å². The maximum Gasteiger partial charge on any atom is 0.159 e. The van der Waals surface area contributed by atoms with E-state index in [-0.39, 0.29) is 11.7 Å². The molecule has 0 N–H and O–H groups in total. The van der Waals surface area contributed by atoms with E-state index in [4.69, 9.17) is 0 Å². The second kappa shape index (κ2) is 7.02. The number of Topliss-reactive ketones (excluding diaryl/α,β-unsaturated/α-hetero) is 1. The standard InChI is InChI=1S/C22H25N5O/c1-25-11-13-26(14-12-25)18-9-7-16(8-10-18)19-3-2-4-22-23-21(24-27(19)22)15-20(28)17-5-6-17/h2-4,7-10,17H,5-6,11-15H2,1H3. The van der Waals surface area contributed by atoms with Crippen LogP contribution < -0.4 is 4.90 Å². The number of hydrogen-bond acceptors (Lipinski definition) is 5. The van der Waals surface area contributed by atoms with Crippen LogP contribution in [0.1, 0.15) is 18.7 Å². The molecule has 6 nitrogen and oxygen atoms in total. The summed E-state index contributed by atoms with van der Waals surface area (Å²) in [5.41, 5.74) is 4.16. The Balaban J connectivity index is 1.40. The fourth-order valence-electron chi connectivity index (χ4n) is 3.86. The van der Waals surface area contributed by atoms with E-state index in [2.05, 4.69) is 57.3 Å². The number of rotatable bonds is 5. The third-order valence-electron chi connectivity index (χ3n) is 5.80. The topological polar surface area (TPSA) is 53.7 Å². The molecule has 0 radical (unpaired) electrons. The van der Waals surface area contributed by atoms with Crippen LogP contribution in [0.2, 0.25) is 0 Å². The molecule has 6 heteroatoms. The van der Waals surface area contributed by atoms with Crippen LogP contribution >= 0.6 is 0 Å². The van der Waals surface area contributed by atoms with Crippen LogP contribution in [0.4, 0.5) is 5.69 Å². The van der Waals surface area contributed by atoms with E-state index in [1.165, 1.54) is 5.69 Å². The number of likely N-dealkylation sites (N-methyl/N-ethyl adjacent to an activating group) is 1. The summed E-state index contributed by atoms with van der Waals surface area (Å²) in [7, 11) is 2.17. The Morgan fingerprint density at radius 1 is 1.04 bits per heavy atom. The number of carbonyl (C=O) groups excluding carboxylic acids is 1. The molecular weight excluding hydrogens is 350 g/mol. The average Bonchev–Trinajstić information content (AvgIpc) is 3.49. The predicted molar refractivity (Wildman–Crippen MR) is 110 cm³/mol. The van der Waals surface area contributed by atoms with Crippen molar-refractivity contribution in [1.82, 2.24) is 19.5 Å². The molecule has 2 aliphatic rings. The minimum Gasteiger partial charge on any atom is -0.369 e. The van der Waals surface area contributed by atoms with Gasteiger partial charge in [0.1, 0.15) is 5.78 Å². The van der Waals surface area contributed by atoms with E-state index in [0.29, 0.717) is 12.2 Å². The fraction of sp³-hybridized carbons (Fsp3) is 0.409. The van der Waals surface area contributed by atoms with Crippen LogP contribution in [0, 0.1) is 5.92 Å². The van der Waals surface area contributed by atoms with Crippen LogP contribution in [0.15, 0.2) is 42.5 Å². The molecule has 0 unspecified atom stereocenters. The number of aromatic nitrogens is 3. The van der Waals surface area contributed by atoms with Crippen molar-refractivity contribution in [1.29, 1.82) is 0 Å². The van der Waals surface area contributed by atoms with E-state index in [1.807, 2.05) is 16.6 Å². The minimum atomic E-state index is 0.244. The lowest BCUT2D eigenvalue weighted by Crippen LogP contribution is -2.44. The lowest BCUT2D eigenvalue weighted by molar-refractivity contribution is -0.119. The normalized spacial score (nSPS) is 18.0. The molecule has 0 amide bonds. The lowest BCUT2D eigenvalue weighted by Gasteiger charge is -2.34. The van der Waals surface area contributed by atoms with Crippen molar-refractivity contribution in [2.45, 2.75) is 19.3 Å². The first-order chi connectivity index (χ1) is 13.7. The lowest BCUT2D eigenvalue weighted by atomic mass is 10.1. The second-order valence-electron chi connectivity index (χ2n) is 7.96. The van der Waals surface area contributed by atoms with Gasteiger partial charge in [-0.05, 0) is 44.2 Å². The number of nitrogens with zero attached hydrogens (tertiary/aromatic N) is 5. The monoisotopic (exact) mass is 375 g/mol. The Hall–Kier alpha value is -2.73. The van der Waals surface area contributed by atoms with Gasteiger partial charge in [0.15, 0.2) is 11.5 Å². The molecule has 2 fully saturated rings. The summed E-state index contributed by atoms with van der Waals surface area (Å²) in [4.78, 5) is 21.5. The van der Waals surface area contributed by atoms with Crippen LogP contribution in [-0.2, 0) is 11.2 Å². The third-order valence-corrected chi connectivity index (χ3v) is 5.80. The van der Waals surface area contributed by atoms with Crippen molar-refractivity contribution in [3.05, 3.63) is 48.3 Å². The Morgan fingerprint density at radius 2 is 1.79 bits per heavy atom. The summed E-state index contributed by atoms with van der Waals surface area (Å²) >= 11 is 0. The van der Waals surface area contributed by atoms with Gasteiger partial charge in [0, 0.05) is 43.3 Å². The van der Waals surface area contributed by atoms with Gasteiger partial charge in [-0.15, -0.1) is 0 Å².